The third kappa shape index (κ3) is 1.90. The molecule has 14 heavy (non-hydrogen) atoms. The Morgan fingerprint density at radius 3 is 2.50 bits per heavy atom. The van der Waals surface area contributed by atoms with Crippen molar-refractivity contribution in [2.45, 2.75) is 26.2 Å². The highest BCUT2D eigenvalue weighted by Crippen LogP contribution is 2.32. The maximum absolute atomic E-state index is 9.41. The molecule has 0 fully saturated rings. The predicted octanol–water partition coefficient (Wildman–Crippen LogP) is 2.26. The molecule has 0 aliphatic carbocycles. The summed E-state index contributed by atoms with van der Waals surface area (Å²) in [7, 11) is 0. The SMILES string of the molecule is CC(C)C(C)(CN)c1cccc(O)c1. The molecule has 0 bridgehead atoms. The topological polar surface area (TPSA) is 46.2 Å². The van der Waals surface area contributed by atoms with Crippen LogP contribution in [0, 0.1) is 5.92 Å². The lowest BCUT2D eigenvalue weighted by atomic mass is 9.73. The fourth-order valence-corrected chi connectivity index (χ4v) is 1.55. The van der Waals surface area contributed by atoms with Crippen molar-refractivity contribution in [1.82, 2.24) is 0 Å². The molecule has 1 aromatic rings. The molecule has 1 unspecified atom stereocenters. The minimum absolute atomic E-state index is 0.0568. The molecule has 0 saturated carbocycles. The maximum Gasteiger partial charge on any atom is 0.115 e. The zero-order valence-corrected chi connectivity index (χ0v) is 9.12. The van der Waals surface area contributed by atoms with Gasteiger partial charge in [-0.2, -0.15) is 0 Å². The van der Waals surface area contributed by atoms with Gasteiger partial charge in [0.25, 0.3) is 0 Å². The van der Waals surface area contributed by atoms with Gasteiger partial charge in [0.1, 0.15) is 5.75 Å². The number of aromatic hydroxyl groups is 1. The van der Waals surface area contributed by atoms with Crippen molar-refractivity contribution < 1.29 is 5.11 Å². The number of phenolic OH excluding ortho intramolecular Hbond substituents is 1. The summed E-state index contributed by atoms with van der Waals surface area (Å²) in [5.41, 5.74) is 6.86. The Hall–Kier alpha value is -1.02. The number of hydrogen-bond donors (Lipinski definition) is 2. The Morgan fingerprint density at radius 2 is 2.07 bits per heavy atom. The molecule has 78 valence electrons. The summed E-state index contributed by atoms with van der Waals surface area (Å²) in [4.78, 5) is 0. The highest BCUT2D eigenvalue weighted by atomic mass is 16.3. The van der Waals surface area contributed by atoms with Crippen molar-refractivity contribution in [2.75, 3.05) is 6.54 Å². The van der Waals surface area contributed by atoms with E-state index in [0.717, 1.165) is 5.56 Å². The Labute approximate surface area is 85.8 Å². The fraction of sp³-hybridized carbons (Fsp3) is 0.500. The lowest BCUT2D eigenvalue weighted by molar-refractivity contribution is 0.345. The van der Waals surface area contributed by atoms with Crippen LogP contribution in [-0.4, -0.2) is 11.7 Å². The smallest absolute Gasteiger partial charge is 0.115 e. The van der Waals surface area contributed by atoms with E-state index in [0.29, 0.717) is 18.2 Å². The molecule has 0 heterocycles. The molecule has 0 aliphatic rings. The summed E-state index contributed by atoms with van der Waals surface area (Å²) >= 11 is 0. The second-order valence-corrected chi connectivity index (χ2v) is 4.33. The number of phenols is 1. The van der Waals surface area contributed by atoms with Crippen LogP contribution >= 0.6 is 0 Å². The van der Waals surface area contributed by atoms with Crippen molar-refractivity contribution in [1.29, 1.82) is 0 Å². The van der Waals surface area contributed by atoms with Gasteiger partial charge in [0.15, 0.2) is 0 Å². The molecule has 1 atom stereocenters. The number of benzene rings is 1. The van der Waals surface area contributed by atoms with E-state index in [1.807, 2.05) is 12.1 Å². The Morgan fingerprint density at radius 1 is 1.43 bits per heavy atom. The lowest BCUT2D eigenvalue weighted by Gasteiger charge is -2.33. The van der Waals surface area contributed by atoms with E-state index in [4.69, 9.17) is 5.73 Å². The van der Waals surface area contributed by atoms with Gasteiger partial charge < -0.3 is 10.8 Å². The van der Waals surface area contributed by atoms with E-state index in [2.05, 4.69) is 20.8 Å². The van der Waals surface area contributed by atoms with Gasteiger partial charge in [-0.1, -0.05) is 32.9 Å². The zero-order chi connectivity index (χ0) is 10.8. The minimum Gasteiger partial charge on any atom is -0.508 e. The van der Waals surface area contributed by atoms with Crippen molar-refractivity contribution >= 4 is 0 Å². The maximum atomic E-state index is 9.41. The molecule has 0 aromatic heterocycles. The van der Waals surface area contributed by atoms with E-state index >= 15 is 0 Å². The normalized spacial score (nSPS) is 15.5. The molecule has 0 spiro atoms. The second kappa shape index (κ2) is 4.01. The third-order valence-corrected chi connectivity index (χ3v) is 3.20. The molecule has 0 saturated heterocycles. The van der Waals surface area contributed by atoms with Crippen LogP contribution in [0.2, 0.25) is 0 Å². The van der Waals surface area contributed by atoms with Crippen LogP contribution in [0.3, 0.4) is 0 Å². The first-order valence-electron chi connectivity index (χ1n) is 5.00. The summed E-state index contributed by atoms with van der Waals surface area (Å²) in [5, 5.41) is 9.41. The van der Waals surface area contributed by atoms with E-state index in [-0.39, 0.29) is 5.41 Å². The Kier molecular flexibility index (Phi) is 3.17. The van der Waals surface area contributed by atoms with Crippen molar-refractivity contribution in [3.63, 3.8) is 0 Å². The lowest BCUT2D eigenvalue weighted by Crippen LogP contribution is -2.36. The van der Waals surface area contributed by atoms with Crippen LogP contribution < -0.4 is 5.73 Å². The van der Waals surface area contributed by atoms with Gasteiger partial charge in [0.05, 0.1) is 0 Å². The summed E-state index contributed by atoms with van der Waals surface area (Å²) < 4.78 is 0. The Balaban J connectivity index is 3.12. The molecule has 2 heteroatoms. The number of nitrogens with two attached hydrogens (primary N) is 1. The number of rotatable bonds is 3. The van der Waals surface area contributed by atoms with Crippen LogP contribution in [0.5, 0.6) is 5.75 Å². The average Bonchev–Trinajstić information content (AvgIpc) is 2.16. The summed E-state index contributed by atoms with van der Waals surface area (Å²) in [6, 6.07) is 7.36. The molecule has 0 aliphatic heterocycles. The highest BCUT2D eigenvalue weighted by Gasteiger charge is 2.28. The average molecular weight is 193 g/mol. The molecule has 1 rings (SSSR count). The van der Waals surface area contributed by atoms with Crippen molar-refractivity contribution in [3.8, 4) is 5.75 Å². The van der Waals surface area contributed by atoms with Crippen molar-refractivity contribution in [3.05, 3.63) is 29.8 Å². The zero-order valence-electron chi connectivity index (χ0n) is 9.12. The molecular formula is C12H19NO. The fourth-order valence-electron chi connectivity index (χ4n) is 1.55. The van der Waals surface area contributed by atoms with E-state index in [1.54, 1.807) is 12.1 Å². The first-order chi connectivity index (χ1) is 6.50. The van der Waals surface area contributed by atoms with Crippen molar-refractivity contribution in [2.24, 2.45) is 11.7 Å². The van der Waals surface area contributed by atoms with Gasteiger partial charge in [-0.05, 0) is 23.6 Å². The largest absolute Gasteiger partial charge is 0.508 e. The first kappa shape index (κ1) is 11.1. The van der Waals surface area contributed by atoms with E-state index in [9.17, 15) is 5.11 Å². The van der Waals surface area contributed by atoms with Gasteiger partial charge >= 0.3 is 0 Å². The standard InChI is InChI=1S/C12H19NO/c1-9(2)12(3,8-13)10-5-4-6-11(14)7-10/h4-7,9,14H,8,13H2,1-3H3. The van der Waals surface area contributed by atoms with Crippen LogP contribution in [-0.2, 0) is 5.41 Å². The van der Waals surface area contributed by atoms with Gasteiger partial charge in [-0.15, -0.1) is 0 Å². The van der Waals surface area contributed by atoms with Gasteiger partial charge in [0.2, 0.25) is 0 Å². The monoisotopic (exact) mass is 193 g/mol. The molecule has 0 amide bonds. The van der Waals surface area contributed by atoms with Crippen LogP contribution in [0.25, 0.3) is 0 Å². The molecule has 1 aromatic carbocycles. The van der Waals surface area contributed by atoms with Gasteiger partial charge in [-0.25, -0.2) is 0 Å². The summed E-state index contributed by atoms with van der Waals surface area (Å²) in [6.07, 6.45) is 0. The van der Waals surface area contributed by atoms with E-state index in [1.165, 1.54) is 0 Å². The molecule has 0 radical (unpaired) electrons. The first-order valence-corrected chi connectivity index (χ1v) is 5.00. The van der Waals surface area contributed by atoms with Gasteiger partial charge in [0, 0.05) is 12.0 Å². The molecular weight excluding hydrogens is 174 g/mol. The quantitative estimate of drug-likeness (QED) is 0.773. The molecule has 2 nitrogen and oxygen atoms in total. The highest BCUT2D eigenvalue weighted by molar-refractivity contribution is 5.33. The summed E-state index contributed by atoms with van der Waals surface area (Å²) in [5.74, 6) is 0.761. The predicted molar refractivity (Wildman–Crippen MR) is 59.4 cm³/mol. The van der Waals surface area contributed by atoms with Crippen LogP contribution in [0.1, 0.15) is 26.3 Å². The van der Waals surface area contributed by atoms with Crippen LogP contribution in [0.4, 0.5) is 0 Å². The second-order valence-electron chi connectivity index (χ2n) is 4.33. The Bertz CT molecular complexity index is 309. The summed E-state index contributed by atoms with van der Waals surface area (Å²) in [6.45, 7) is 7.02. The van der Waals surface area contributed by atoms with Crippen LogP contribution in [0.15, 0.2) is 24.3 Å². The van der Waals surface area contributed by atoms with E-state index < -0.39 is 0 Å². The number of hydrogen-bond acceptors (Lipinski definition) is 2. The third-order valence-electron chi connectivity index (χ3n) is 3.20. The minimum atomic E-state index is -0.0568. The molecule has 3 N–H and O–H groups in total. The van der Waals surface area contributed by atoms with Gasteiger partial charge in [-0.3, -0.25) is 0 Å².